The number of rotatable bonds is 3. The van der Waals surface area contributed by atoms with E-state index in [1.165, 1.54) is 0 Å². The van der Waals surface area contributed by atoms with E-state index in [1.54, 1.807) is 6.92 Å². The number of hydrogen-bond acceptors (Lipinski definition) is 4. The first-order valence-corrected chi connectivity index (χ1v) is 9.50. The van der Waals surface area contributed by atoms with Gasteiger partial charge in [0.25, 0.3) is 0 Å². The Hall–Kier alpha value is -2.88. The van der Waals surface area contributed by atoms with Gasteiger partial charge in [-0.15, -0.1) is 0 Å². The lowest BCUT2D eigenvalue weighted by Gasteiger charge is -2.34. The Morgan fingerprint density at radius 1 is 1.15 bits per heavy atom. The van der Waals surface area contributed by atoms with Crippen LogP contribution in [-0.2, 0) is 14.3 Å². The highest BCUT2D eigenvalue weighted by atomic mass is 16.5. The van der Waals surface area contributed by atoms with Gasteiger partial charge in [-0.3, -0.25) is 4.79 Å². The van der Waals surface area contributed by atoms with Crippen LogP contribution in [0.1, 0.15) is 44.6 Å². The fourth-order valence-corrected chi connectivity index (χ4v) is 4.18. The summed E-state index contributed by atoms with van der Waals surface area (Å²) in [5.74, 6) is -0.612. The molecule has 0 bridgehead atoms. The normalized spacial score (nSPS) is 19.8. The predicted octanol–water partition coefficient (Wildman–Crippen LogP) is 4.37. The van der Waals surface area contributed by atoms with Gasteiger partial charge >= 0.3 is 5.97 Å². The molecule has 138 valence electrons. The Bertz CT molecular complexity index is 1000. The molecule has 1 aliphatic heterocycles. The molecule has 1 N–H and O–H groups in total. The molecule has 4 rings (SSSR count). The van der Waals surface area contributed by atoms with E-state index in [0.29, 0.717) is 18.6 Å². The number of carbonyl (C=O) groups excluding carboxylic acids is 2. The minimum Gasteiger partial charge on any atom is -0.463 e. The largest absolute Gasteiger partial charge is 0.463 e. The van der Waals surface area contributed by atoms with Crippen molar-refractivity contribution in [3.8, 4) is 0 Å². The number of benzene rings is 2. The molecule has 0 amide bonds. The second-order valence-electron chi connectivity index (χ2n) is 7.09. The average molecular weight is 361 g/mol. The number of nitrogens with one attached hydrogen (secondary N) is 1. The third-order valence-electron chi connectivity index (χ3n) is 5.38. The van der Waals surface area contributed by atoms with Crippen LogP contribution in [0.25, 0.3) is 10.8 Å². The molecule has 4 nitrogen and oxygen atoms in total. The van der Waals surface area contributed by atoms with Gasteiger partial charge in [-0.05, 0) is 43.0 Å². The van der Waals surface area contributed by atoms with Crippen LogP contribution in [0.5, 0.6) is 0 Å². The third kappa shape index (κ3) is 3.05. The summed E-state index contributed by atoms with van der Waals surface area (Å²) in [6, 6.07) is 14.3. The molecule has 0 radical (unpaired) electrons. The molecule has 1 unspecified atom stereocenters. The zero-order valence-corrected chi connectivity index (χ0v) is 15.7. The number of allylic oxidation sites excluding steroid dienone is 3. The van der Waals surface area contributed by atoms with Crippen LogP contribution in [0.4, 0.5) is 0 Å². The van der Waals surface area contributed by atoms with Crippen LogP contribution in [0, 0.1) is 0 Å². The molecular weight excluding hydrogens is 338 g/mol. The molecule has 4 heteroatoms. The maximum absolute atomic E-state index is 12.8. The highest BCUT2D eigenvalue weighted by molar-refractivity contribution is 6.04. The van der Waals surface area contributed by atoms with Gasteiger partial charge in [0.1, 0.15) is 0 Å². The number of fused-ring (bicyclic) bond motifs is 1. The number of ether oxygens (including phenoxy) is 1. The molecule has 0 spiro atoms. The fourth-order valence-electron chi connectivity index (χ4n) is 4.18. The Kier molecular flexibility index (Phi) is 4.56. The molecule has 2 aromatic carbocycles. The van der Waals surface area contributed by atoms with E-state index >= 15 is 0 Å². The van der Waals surface area contributed by atoms with Crippen molar-refractivity contribution < 1.29 is 14.3 Å². The SMILES string of the molecule is CCOC(=O)C1=C(C)NC2=C(C(=O)CCC2)C1c1ccc2ccccc2c1. The van der Waals surface area contributed by atoms with Crippen molar-refractivity contribution in [3.63, 3.8) is 0 Å². The second-order valence-corrected chi connectivity index (χ2v) is 7.09. The molecule has 1 aliphatic carbocycles. The molecule has 0 fully saturated rings. The Balaban J connectivity index is 1.91. The van der Waals surface area contributed by atoms with Crippen LogP contribution < -0.4 is 5.32 Å². The summed E-state index contributed by atoms with van der Waals surface area (Å²) in [6.07, 6.45) is 2.20. The molecule has 0 aromatic heterocycles. The van der Waals surface area contributed by atoms with Gasteiger partial charge in [-0.25, -0.2) is 4.79 Å². The van der Waals surface area contributed by atoms with Crippen molar-refractivity contribution in [2.75, 3.05) is 6.61 Å². The maximum Gasteiger partial charge on any atom is 0.336 e. The first-order valence-electron chi connectivity index (χ1n) is 9.50. The van der Waals surface area contributed by atoms with Gasteiger partial charge in [0, 0.05) is 29.3 Å². The third-order valence-corrected chi connectivity index (χ3v) is 5.38. The minimum atomic E-state index is -0.377. The standard InChI is InChI=1S/C23H23NO3/c1-3-27-23(26)20-14(2)24-18-9-6-10-19(25)22(18)21(20)17-12-11-15-7-4-5-8-16(15)13-17/h4-5,7-8,11-13,21,24H,3,6,9-10H2,1-2H3. The molecule has 27 heavy (non-hydrogen) atoms. The van der Waals surface area contributed by atoms with Crippen molar-refractivity contribution in [3.05, 3.63) is 70.6 Å². The second kappa shape index (κ2) is 7.03. The summed E-state index contributed by atoms with van der Waals surface area (Å²) in [5, 5.41) is 5.55. The van der Waals surface area contributed by atoms with Gasteiger partial charge < -0.3 is 10.1 Å². The molecule has 0 saturated heterocycles. The van der Waals surface area contributed by atoms with Crippen LogP contribution in [0.3, 0.4) is 0 Å². The van der Waals surface area contributed by atoms with E-state index in [2.05, 4.69) is 29.6 Å². The minimum absolute atomic E-state index is 0.121. The Labute approximate surface area is 158 Å². The van der Waals surface area contributed by atoms with Crippen molar-refractivity contribution in [2.24, 2.45) is 0 Å². The highest BCUT2D eigenvalue weighted by Crippen LogP contribution is 2.43. The van der Waals surface area contributed by atoms with E-state index < -0.39 is 0 Å². The number of esters is 1. The molecule has 1 heterocycles. The van der Waals surface area contributed by atoms with Crippen molar-refractivity contribution in [2.45, 2.75) is 39.0 Å². The summed E-state index contributed by atoms with van der Waals surface area (Å²) < 4.78 is 5.34. The van der Waals surface area contributed by atoms with Gasteiger partial charge in [-0.2, -0.15) is 0 Å². The Morgan fingerprint density at radius 3 is 2.70 bits per heavy atom. The summed E-state index contributed by atoms with van der Waals surface area (Å²) in [6.45, 7) is 3.99. The molecule has 1 atom stereocenters. The van der Waals surface area contributed by atoms with E-state index in [4.69, 9.17) is 4.74 Å². The van der Waals surface area contributed by atoms with E-state index in [-0.39, 0.29) is 17.7 Å². The quantitative estimate of drug-likeness (QED) is 0.825. The number of carbonyl (C=O) groups is 2. The number of ketones is 1. The van der Waals surface area contributed by atoms with Crippen LogP contribution in [0.15, 0.2) is 65.0 Å². The fraction of sp³-hybridized carbons (Fsp3) is 0.304. The Morgan fingerprint density at radius 2 is 1.93 bits per heavy atom. The highest BCUT2D eigenvalue weighted by Gasteiger charge is 2.39. The lowest BCUT2D eigenvalue weighted by atomic mass is 9.75. The average Bonchev–Trinajstić information content (AvgIpc) is 2.67. The number of hydrogen-bond donors (Lipinski definition) is 1. The topological polar surface area (TPSA) is 55.4 Å². The van der Waals surface area contributed by atoms with Crippen molar-refractivity contribution >= 4 is 22.5 Å². The lowest BCUT2D eigenvalue weighted by Crippen LogP contribution is -2.34. The summed E-state index contributed by atoms with van der Waals surface area (Å²) in [4.78, 5) is 25.6. The van der Waals surface area contributed by atoms with E-state index in [9.17, 15) is 9.59 Å². The number of dihydropyridines is 1. The van der Waals surface area contributed by atoms with E-state index in [1.807, 2.05) is 25.1 Å². The summed E-state index contributed by atoms with van der Waals surface area (Å²) in [7, 11) is 0. The molecular formula is C23H23NO3. The zero-order valence-electron chi connectivity index (χ0n) is 15.7. The van der Waals surface area contributed by atoms with Crippen molar-refractivity contribution in [1.82, 2.24) is 5.32 Å². The van der Waals surface area contributed by atoms with Crippen molar-refractivity contribution in [1.29, 1.82) is 0 Å². The van der Waals surface area contributed by atoms with E-state index in [0.717, 1.165) is 46.1 Å². The predicted molar refractivity (Wildman–Crippen MR) is 105 cm³/mol. The van der Waals surface area contributed by atoms with Gasteiger partial charge in [-0.1, -0.05) is 42.5 Å². The summed E-state index contributed by atoms with van der Waals surface area (Å²) >= 11 is 0. The van der Waals surface area contributed by atoms with Crippen LogP contribution >= 0.6 is 0 Å². The maximum atomic E-state index is 12.8. The van der Waals surface area contributed by atoms with Crippen LogP contribution in [-0.4, -0.2) is 18.4 Å². The first-order chi connectivity index (χ1) is 13.1. The van der Waals surface area contributed by atoms with Gasteiger partial charge in [0.2, 0.25) is 0 Å². The smallest absolute Gasteiger partial charge is 0.336 e. The monoisotopic (exact) mass is 361 g/mol. The summed E-state index contributed by atoms with van der Waals surface area (Å²) in [5.41, 5.74) is 3.96. The molecule has 2 aliphatic rings. The van der Waals surface area contributed by atoms with Gasteiger partial charge in [0.15, 0.2) is 5.78 Å². The molecule has 0 saturated carbocycles. The van der Waals surface area contributed by atoms with Gasteiger partial charge in [0.05, 0.1) is 12.2 Å². The lowest BCUT2D eigenvalue weighted by molar-refractivity contribution is -0.138. The zero-order chi connectivity index (χ0) is 19.0. The van der Waals surface area contributed by atoms with Crippen LogP contribution in [0.2, 0.25) is 0 Å². The first kappa shape index (κ1) is 17.5. The molecule has 2 aromatic rings. The number of Topliss-reactive ketones (excluding diaryl/α,β-unsaturated/α-hetero) is 1.